The van der Waals surface area contributed by atoms with Crippen molar-refractivity contribution >= 4 is 28.5 Å². The lowest BCUT2D eigenvalue weighted by molar-refractivity contribution is -0.145. The van der Waals surface area contributed by atoms with E-state index in [1.807, 2.05) is 29.1 Å². The van der Waals surface area contributed by atoms with Crippen LogP contribution in [0.3, 0.4) is 0 Å². The third-order valence-corrected chi connectivity index (χ3v) is 6.12. The van der Waals surface area contributed by atoms with E-state index in [1.165, 1.54) is 36.2 Å². The number of hydrogen-bond acceptors (Lipinski definition) is 5. The normalized spacial score (nSPS) is 19.8. The highest BCUT2D eigenvalue weighted by molar-refractivity contribution is 5.90. The maximum Gasteiger partial charge on any atom is 0.331 e. The van der Waals surface area contributed by atoms with Gasteiger partial charge >= 0.3 is 11.9 Å². The van der Waals surface area contributed by atoms with E-state index in [9.17, 15) is 9.59 Å². The summed E-state index contributed by atoms with van der Waals surface area (Å²) < 4.78 is 2.01. The van der Waals surface area contributed by atoms with Crippen LogP contribution in [0.1, 0.15) is 13.3 Å². The molecule has 176 valence electrons. The molecule has 8 nitrogen and oxygen atoms in total. The fourth-order valence-corrected chi connectivity index (χ4v) is 4.09. The minimum absolute atomic E-state index is 0.0359. The molecular formula is C26H28N4O4. The number of para-hydroxylation sites is 1. The summed E-state index contributed by atoms with van der Waals surface area (Å²) >= 11 is 0. The Morgan fingerprint density at radius 1 is 1.03 bits per heavy atom. The second-order valence-corrected chi connectivity index (χ2v) is 8.63. The first-order chi connectivity index (χ1) is 16.4. The molecule has 2 heterocycles. The van der Waals surface area contributed by atoms with Gasteiger partial charge in [-0.05, 0) is 43.7 Å². The largest absolute Gasteiger partial charge is 0.481 e. The highest BCUT2D eigenvalue weighted by Gasteiger charge is 2.34. The monoisotopic (exact) mass is 460 g/mol. The summed E-state index contributed by atoms with van der Waals surface area (Å²) in [6, 6.07) is 16.9. The Hall–Kier alpha value is -3.91. The molecule has 0 bridgehead atoms. The zero-order chi connectivity index (χ0) is 24.1. The van der Waals surface area contributed by atoms with Crippen LogP contribution >= 0.6 is 0 Å². The molecule has 1 atom stereocenters. The molecule has 1 aliphatic heterocycles. The van der Waals surface area contributed by atoms with Crippen LogP contribution in [0.25, 0.3) is 16.6 Å². The highest BCUT2D eigenvalue weighted by atomic mass is 16.4. The Labute approximate surface area is 197 Å². The van der Waals surface area contributed by atoms with Crippen molar-refractivity contribution in [3.05, 3.63) is 78.5 Å². The Morgan fingerprint density at radius 3 is 2.44 bits per heavy atom. The predicted molar refractivity (Wildman–Crippen MR) is 131 cm³/mol. The maximum atomic E-state index is 10.8. The van der Waals surface area contributed by atoms with E-state index in [4.69, 9.17) is 10.2 Å². The van der Waals surface area contributed by atoms with Gasteiger partial charge in [-0.1, -0.05) is 36.4 Å². The van der Waals surface area contributed by atoms with Crippen LogP contribution in [0.2, 0.25) is 0 Å². The Bertz CT molecular complexity index is 1240. The fourth-order valence-electron chi connectivity index (χ4n) is 4.09. The molecule has 0 saturated carbocycles. The van der Waals surface area contributed by atoms with Crippen LogP contribution in [0.5, 0.6) is 0 Å². The van der Waals surface area contributed by atoms with Crippen LogP contribution in [-0.2, 0) is 9.59 Å². The van der Waals surface area contributed by atoms with Crippen molar-refractivity contribution in [2.75, 3.05) is 31.1 Å². The number of benzene rings is 2. The van der Waals surface area contributed by atoms with Gasteiger partial charge in [-0.15, -0.1) is 0 Å². The standard InChI is InChI=1S/C17H18N4.C9H10O4/c1-2-4-15(5-3-1)21-17-12-16(7-6-14(17)13-19-21)20-10-8-18-9-11-20;1-9(8(12)13)4-2-3-6(5-9)7(10)11/h1-7,12-13,18H,8-11H2;2-4H,5H2,1H3,(H,10,11)(H,12,13). The average Bonchev–Trinajstić information content (AvgIpc) is 3.29. The molecule has 2 aliphatic rings. The molecule has 2 aromatic carbocycles. The van der Waals surface area contributed by atoms with E-state index in [-0.39, 0.29) is 12.0 Å². The smallest absolute Gasteiger partial charge is 0.331 e. The summed E-state index contributed by atoms with van der Waals surface area (Å²) in [6.45, 7) is 5.73. The number of hydrogen-bond donors (Lipinski definition) is 3. The van der Waals surface area contributed by atoms with Crippen molar-refractivity contribution in [3.8, 4) is 5.69 Å². The van der Waals surface area contributed by atoms with Crippen LogP contribution in [0, 0.1) is 5.41 Å². The molecular weight excluding hydrogens is 432 g/mol. The molecule has 1 aromatic heterocycles. The Morgan fingerprint density at radius 2 is 1.76 bits per heavy atom. The van der Waals surface area contributed by atoms with Crippen molar-refractivity contribution < 1.29 is 19.8 Å². The van der Waals surface area contributed by atoms with Gasteiger partial charge in [0.05, 0.1) is 22.8 Å². The first-order valence-corrected chi connectivity index (χ1v) is 11.2. The maximum absolute atomic E-state index is 10.8. The molecule has 0 amide bonds. The number of fused-ring (bicyclic) bond motifs is 1. The van der Waals surface area contributed by atoms with E-state index in [0.29, 0.717) is 0 Å². The lowest BCUT2D eigenvalue weighted by atomic mass is 9.80. The lowest BCUT2D eigenvalue weighted by Crippen LogP contribution is -2.43. The molecule has 5 rings (SSSR count). The number of nitrogens with zero attached hydrogens (tertiary/aromatic N) is 3. The zero-order valence-corrected chi connectivity index (χ0v) is 19.0. The van der Waals surface area contributed by atoms with Gasteiger partial charge in [0.25, 0.3) is 0 Å². The third-order valence-electron chi connectivity index (χ3n) is 6.12. The van der Waals surface area contributed by atoms with Gasteiger partial charge in [0, 0.05) is 42.8 Å². The highest BCUT2D eigenvalue weighted by Crippen LogP contribution is 2.31. The molecule has 1 aliphatic carbocycles. The molecule has 3 N–H and O–H groups in total. The molecule has 34 heavy (non-hydrogen) atoms. The Balaban J connectivity index is 0.000000182. The molecule has 0 spiro atoms. The van der Waals surface area contributed by atoms with E-state index in [1.54, 1.807) is 0 Å². The summed E-state index contributed by atoms with van der Waals surface area (Å²) in [5.74, 6) is -2.06. The van der Waals surface area contributed by atoms with Crippen LogP contribution in [0.4, 0.5) is 5.69 Å². The summed E-state index contributed by atoms with van der Waals surface area (Å²) in [5, 5.41) is 26.6. The number of carboxylic acid groups (broad SMARTS) is 2. The van der Waals surface area contributed by atoms with E-state index in [2.05, 4.69) is 45.6 Å². The van der Waals surface area contributed by atoms with Crippen molar-refractivity contribution in [1.29, 1.82) is 0 Å². The zero-order valence-electron chi connectivity index (χ0n) is 19.0. The summed E-state index contributed by atoms with van der Waals surface area (Å²) in [4.78, 5) is 23.8. The van der Waals surface area contributed by atoms with E-state index in [0.717, 1.165) is 37.4 Å². The van der Waals surface area contributed by atoms with Gasteiger partial charge in [-0.25, -0.2) is 9.48 Å². The number of piperazine rings is 1. The topological polar surface area (TPSA) is 108 Å². The number of nitrogens with one attached hydrogen (secondary N) is 1. The van der Waals surface area contributed by atoms with Crippen LogP contribution in [0.15, 0.2) is 78.5 Å². The van der Waals surface area contributed by atoms with Gasteiger partial charge in [0.1, 0.15) is 0 Å². The second-order valence-electron chi connectivity index (χ2n) is 8.63. The average molecular weight is 461 g/mol. The van der Waals surface area contributed by atoms with Crippen molar-refractivity contribution in [2.24, 2.45) is 5.41 Å². The molecule has 1 saturated heterocycles. The van der Waals surface area contributed by atoms with Gasteiger partial charge in [0.2, 0.25) is 0 Å². The van der Waals surface area contributed by atoms with Gasteiger partial charge in [0.15, 0.2) is 0 Å². The first-order valence-electron chi connectivity index (χ1n) is 11.2. The second kappa shape index (κ2) is 9.93. The minimum atomic E-state index is -1.08. The van der Waals surface area contributed by atoms with Gasteiger partial charge in [-0.2, -0.15) is 5.10 Å². The number of aromatic nitrogens is 2. The van der Waals surface area contributed by atoms with Crippen molar-refractivity contribution in [3.63, 3.8) is 0 Å². The predicted octanol–water partition coefficient (Wildman–Crippen LogP) is 3.48. The first kappa shape index (κ1) is 23.3. The number of rotatable bonds is 4. The van der Waals surface area contributed by atoms with Crippen LogP contribution < -0.4 is 10.2 Å². The number of allylic oxidation sites excluding steroid dienone is 2. The van der Waals surface area contributed by atoms with Crippen LogP contribution in [-0.4, -0.2) is 58.1 Å². The molecule has 3 aromatic rings. The number of aliphatic carboxylic acids is 2. The van der Waals surface area contributed by atoms with E-state index < -0.39 is 17.4 Å². The number of anilines is 1. The summed E-state index contributed by atoms with van der Waals surface area (Å²) in [6.07, 6.45) is 6.37. The SMILES string of the molecule is CC1(C(=O)O)C=CC=C(C(=O)O)C1.c1ccc(-n2ncc3ccc(N4CCNCC4)cc32)cc1. The quantitative estimate of drug-likeness (QED) is 0.547. The van der Waals surface area contributed by atoms with Gasteiger partial charge in [-0.3, -0.25) is 4.79 Å². The Kier molecular flexibility index (Phi) is 6.79. The molecule has 1 fully saturated rings. The lowest BCUT2D eigenvalue weighted by Gasteiger charge is -2.29. The molecule has 1 unspecified atom stereocenters. The number of carbonyl (C=O) groups is 2. The summed E-state index contributed by atoms with van der Waals surface area (Å²) in [5.41, 5.74) is 2.60. The molecule has 8 heteroatoms. The van der Waals surface area contributed by atoms with Gasteiger partial charge < -0.3 is 20.4 Å². The van der Waals surface area contributed by atoms with E-state index >= 15 is 0 Å². The van der Waals surface area contributed by atoms with Crippen molar-refractivity contribution in [1.82, 2.24) is 15.1 Å². The van der Waals surface area contributed by atoms with Crippen molar-refractivity contribution in [2.45, 2.75) is 13.3 Å². The minimum Gasteiger partial charge on any atom is -0.481 e. The summed E-state index contributed by atoms with van der Waals surface area (Å²) in [7, 11) is 0. The third kappa shape index (κ3) is 5.02. The number of carboxylic acids is 2. The molecule has 0 radical (unpaired) electrons. The fraction of sp³-hybridized carbons (Fsp3) is 0.269.